The second-order valence-corrected chi connectivity index (χ2v) is 7.19. The van der Waals surface area contributed by atoms with Gasteiger partial charge >= 0.3 is 5.69 Å². The average Bonchev–Trinajstić information content (AvgIpc) is 3.05. The van der Waals surface area contributed by atoms with Gasteiger partial charge in [0.25, 0.3) is 5.56 Å². The molecule has 8 heteroatoms. The fraction of sp³-hybridized carbons (Fsp3) is 0.500. The first-order valence-electron chi connectivity index (χ1n) is 9.28. The van der Waals surface area contributed by atoms with E-state index in [0.717, 1.165) is 15.3 Å². The van der Waals surface area contributed by atoms with Gasteiger partial charge in [-0.3, -0.25) is 13.9 Å². The lowest BCUT2D eigenvalue weighted by atomic mass is 9.87. The van der Waals surface area contributed by atoms with Gasteiger partial charge in [0.2, 0.25) is 5.82 Å². The second kappa shape index (κ2) is 7.89. The van der Waals surface area contributed by atoms with Crippen LogP contribution < -0.4 is 16.0 Å². The summed E-state index contributed by atoms with van der Waals surface area (Å²) >= 11 is 0. The van der Waals surface area contributed by atoms with Crippen LogP contribution in [0.4, 0.5) is 4.39 Å². The number of benzene rings is 1. The van der Waals surface area contributed by atoms with Crippen LogP contribution in [0.3, 0.4) is 0 Å². The average molecular weight is 392 g/mol. The maximum absolute atomic E-state index is 14.3. The van der Waals surface area contributed by atoms with Gasteiger partial charge in [0.1, 0.15) is 12.0 Å². The lowest BCUT2D eigenvalue weighted by Gasteiger charge is -2.29. The van der Waals surface area contributed by atoms with Crippen LogP contribution in [0, 0.1) is 11.7 Å². The molecule has 1 N–H and O–H groups in total. The summed E-state index contributed by atoms with van der Waals surface area (Å²) in [5.41, 5.74) is -1.75. The van der Waals surface area contributed by atoms with E-state index in [1.165, 1.54) is 7.11 Å². The van der Waals surface area contributed by atoms with Crippen LogP contribution in [-0.4, -0.2) is 33.6 Å². The highest BCUT2D eigenvalue weighted by Gasteiger charge is 2.45. The minimum absolute atomic E-state index is 0.0237. The summed E-state index contributed by atoms with van der Waals surface area (Å²) in [5, 5.41) is 9.76. The smallest absolute Gasteiger partial charge is 0.333 e. The Balaban J connectivity index is 1.98. The summed E-state index contributed by atoms with van der Waals surface area (Å²) in [6, 6.07) is 6.83. The number of methoxy groups -OCH3 is 1. The highest BCUT2D eigenvalue weighted by molar-refractivity contribution is 5.27. The topological polar surface area (TPSA) is 82.7 Å². The van der Waals surface area contributed by atoms with Crippen LogP contribution in [0.15, 0.2) is 40.1 Å². The summed E-state index contributed by atoms with van der Waals surface area (Å²) < 4.78 is 27.4. The van der Waals surface area contributed by atoms with Gasteiger partial charge in [-0.1, -0.05) is 26.0 Å². The third-order valence-electron chi connectivity index (χ3n) is 5.65. The van der Waals surface area contributed by atoms with Gasteiger partial charge in [0, 0.05) is 0 Å². The van der Waals surface area contributed by atoms with Crippen molar-refractivity contribution in [3.63, 3.8) is 0 Å². The quantitative estimate of drug-likeness (QED) is 0.812. The predicted molar refractivity (Wildman–Crippen MR) is 101 cm³/mol. The number of nitrogens with zero attached hydrogens (tertiary/aromatic N) is 2. The van der Waals surface area contributed by atoms with Crippen molar-refractivity contribution in [1.29, 1.82) is 0 Å². The minimum Gasteiger partial charge on any atom is -0.497 e. The third-order valence-corrected chi connectivity index (χ3v) is 5.65. The zero-order valence-electron chi connectivity index (χ0n) is 16.2. The number of halogens is 1. The van der Waals surface area contributed by atoms with Crippen molar-refractivity contribution in [3.8, 4) is 5.75 Å². The first-order chi connectivity index (χ1) is 13.3. The van der Waals surface area contributed by atoms with Gasteiger partial charge < -0.3 is 14.6 Å². The van der Waals surface area contributed by atoms with Crippen LogP contribution >= 0.6 is 0 Å². The number of aromatic nitrogens is 2. The molecular formula is C20H25FN2O5. The van der Waals surface area contributed by atoms with Crippen molar-refractivity contribution in [2.45, 2.75) is 45.1 Å². The summed E-state index contributed by atoms with van der Waals surface area (Å²) in [7, 11) is 1.54. The predicted octanol–water partition coefficient (Wildman–Crippen LogP) is 1.90. The molecule has 0 unspecified atom stereocenters. The molecule has 1 aliphatic heterocycles. The Morgan fingerprint density at radius 2 is 2.00 bits per heavy atom. The lowest BCUT2D eigenvalue weighted by molar-refractivity contribution is -0.113. The molecule has 7 nitrogen and oxygen atoms in total. The third kappa shape index (κ3) is 3.49. The second-order valence-electron chi connectivity index (χ2n) is 7.19. The van der Waals surface area contributed by atoms with E-state index in [-0.39, 0.29) is 19.1 Å². The fourth-order valence-corrected chi connectivity index (χ4v) is 3.71. The van der Waals surface area contributed by atoms with E-state index < -0.39 is 28.9 Å². The first kappa shape index (κ1) is 20.3. The standard InChI is InChI=1S/C20H25FN2O5/c1-4-20(12-24)13(2)9-17(28-20)22-11-16(21)18(25)23(19(22)26)10-14-5-7-15(27-3)8-6-14/h5-8,11,13,17,24H,4,9-10,12H2,1-3H3/t13-,17+,20-/m0/s1. The number of rotatable bonds is 6. The molecule has 0 aliphatic carbocycles. The summed E-state index contributed by atoms with van der Waals surface area (Å²) in [6.07, 6.45) is 1.15. The Hall–Kier alpha value is -2.45. The van der Waals surface area contributed by atoms with Crippen molar-refractivity contribution in [1.82, 2.24) is 9.13 Å². The van der Waals surface area contributed by atoms with E-state index in [4.69, 9.17) is 9.47 Å². The molecule has 3 atom stereocenters. The molecule has 2 heterocycles. The monoisotopic (exact) mass is 392 g/mol. The number of hydrogen-bond acceptors (Lipinski definition) is 5. The molecule has 0 bridgehead atoms. The van der Waals surface area contributed by atoms with E-state index in [1.54, 1.807) is 24.3 Å². The number of hydrogen-bond donors (Lipinski definition) is 1. The van der Waals surface area contributed by atoms with Crippen molar-refractivity contribution in [2.24, 2.45) is 5.92 Å². The van der Waals surface area contributed by atoms with E-state index in [9.17, 15) is 19.1 Å². The maximum atomic E-state index is 14.3. The van der Waals surface area contributed by atoms with Crippen LogP contribution in [0.25, 0.3) is 0 Å². The summed E-state index contributed by atoms with van der Waals surface area (Å²) in [5.74, 6) is -0.409. The van der Waals surface area contributed by atoms with Crippen LogP contribution in [-0.2, 0) is 11.3 Å². The van der Waals surface area contributed by atoms with E-state index in [0.29, 0.717) is 24.2 Å². The van der Waals surface area contributed by atoms with Crippen LogP contribution in [0.1, 0.15) is 38.5 Å². The van der Waals surface area contributed by atoms with Crippen molar-refractivity contribution < 1.29 is 19.0 Å². The Bertz CT molecular complexity index is 947. The molecule has 28 heavy (non-hydrogen) atoms. The molecule has 2 aromatic rings. The van der Waals surface area contributed by atoms with E-state index in [1.807, 2.05) is 13.8 Å². The molecule has 3 rings (SSSR count). The van der Waals surface area contributed by atoms with Gasteiger partial charge in [-0.05, 0) is 36.5 Å². The van der Waals surface area contributed by atoms with Gasteiger partial charge in [0.05, 0.1) is 32.1 Å². The SMILES string of the molecule is CC[C@@]1(CO)O[C@@H](n2cc(F)c(=O)n(Cc3ccc(OC)cc3)c2=O)C[C@@H]1C. The molecule has 1 saturated heterocycles. The molecule has 1 aromatic heterocycles. The molecule has 1 aromatic carbocycles. The van der Waals surface area contributed by atoms with Gasteiger partial charge in [0.15, 0.2) is 0 Å². The van der Waals surface area contributed by atoms with Crippen LogP contribution in [0.5, 0.6) is 5.75 Å². The highest BCUT2D eigenvalue weighted by atomic mass is 19.1. The molecule has 0 saturated carbocycles. The number of aliphatic hydroxyl groups is 1. The van der Waals surface area contributed by atoms with Crippen molar-refractivity contribution in [2.75, 3.05) is 13.7 Å². The normalized spacial score (nSPS) is 24.5. The van der Waals surface area contributed by atoms with Gasteiger partial charge in [-0.25, -0.2) is 4.79 Å². The van der Waals surface area contributed by atoms with E-state index in [2.05, 4.69) is 0 Å². The Morgan fingerprint density at radius 1 is 1.32 bits per heavy atom. The Labute approximate surface area is 162 Å². The molecular weight excluding hydrogens is 367 g/mol. The molecule has 1 fully saturated rings. The summed E-state index contributed by atoms with van der Waals surface area (Å²) in [4.78, 5) is 25.2. The zero-order valence-corrected chi connectivity index (χ0v) is 16.2. The fourth-order valence-electron chi connectivity index (χ4n) is 3.71. The maximum Gasteiger partial charge on any atom is 0.333 e. The molecule has 152 valence electrons. The molecule has 0 spiro atoms. The lowest BCUT2D eigenvalue weighted by Crippen LogP contribution is -2.43. The number of ether oxygens (including phenoxy) is 2. The largest absolute Gasteiger partial charge is 0.497 e. The first-order valence-corrected chi connectivity index (χ1v) is 9.28. The van der Waals surface area contributed by atoms with Crippen molar-refractivity contribution in [3.05, 3.63) is 62.7 Å². The Kier molecular flexibility index (Phi) is 5.71. The van der Waals surface area contributed by atoms with E-state index >= 15 is 0 Å². The summed E-state index contributed by atoms with van der Waals surface area (Å²) in [6.45, 7) is 3.56. The number of aliphatic hydroxyl groups excluding tert-OH is 1. The minimum atomic E-state index is -1.03. The van der Waals surface area contributed by atoms with Gasteiger partial charge in [-0.2, -0.15) is 4.39 Å². The highest BCUT2D eigenvalue weighted by Crippen LogP contribution is 2.42. The molecule has 0 amide bonds. The van der Waals surface area contributed by atoms with Crippen molar-refractivity contribution >= 4 is 0 Å². The van der Waals surface area contributed by atoms with Gasteiger partial charge in [-0.15, -0.1) is 0 Å². The molecule has 0 radical (unpaired) electrons. The molecule has 1 aliphatic rings. The Morgan fingerprint density at radius 3 is 2.54 bits per heavy atom. The van der Waals surface area contributed by atoms with Crippen LogP contribution in [0.2, 0.25) is 0 Å². The zero-order chi connectivity index (χ0) is 20.5.